The Kier molecular flexibility index (Phi) is 5.45. The van der Waals surface area contributed by atoms with Gasteiger partial charge in [-0.05, 0) is 43.2 Å². The highest BCUT2D eigenvalue weighted by molar-refractivity contribution is 5.93. The number of benzene rings is 1. The van der Waals surface area contributed by atoms with Gasteiger partial charge < -0.3 is 9.32 Å². The summed E-state index contributed by atoms with van der Waals surface area (Å²) in [5.74, 6) is -0.0928. The predicted molar refractivity (Wildman–Crippen MR) is 112 cm³/mol. The van der Waals surface area contributed by atoms with Gasteiger partial charge in [-0.3, -0.25) is 19.5 Å². The van der Waals surface area contributed by atoms with E-state index in [4.69, 9.17) is 4.42 Å². The second-order valence-corrected chi connectivity index (χ2v) is 7.64. The van der Waals surface area contributed by atoms with Crippen LogP contribution in [0.4, 0.5) is 0 Å². The van der Waals surface area contributed by atoms with Crippen molar-refractivity contribution in [1.82, 2.24) is 14.8 Å². The van der Waals surface area contributed by atoms with E-state index in [1.165, 1.54) is 6.07 Å². The van der Waals surface area contributed by atoms with Crippen molar-refractivity contribution < 1.29 is 9.21 Å². The highest BCUT2D eigenvalue weighted by atomic mass is 16.3. The van der Waals surface area contributed by atoms with Crippen LogP contribution in [0.15, 0.2) is 51.8 Å². The summed E-state index contributed by atoms with van der Waals surface area (Å²) in [5.41, 5.74) is 3.28. The number of amides is 1. The molecule has 0 saturated carbocycles. The van der Waals surface area contributed by atoms with Crippen molar-refractivity contribution in [3.63, 3.8) is 0 Å². The maximum atomic E-state index is 12.9. The maximum Gasteiger partial charge on any atom is 0.289 e. The number of carbonyl (C=O) groups is 1. The zero-order valence-electron chi connectivity index (χ0n) is 16.9. The second-order valence-electron chi connectivity index (χ2n) is 7.64. The molecule has 4 rings (SSSR count). The molecule has 29 heavy (non-hydrogen) atoms. The molecule has 0 bridgehead atoms. The number of piperazine rings is 1. The Morgan fingerprint density at radius 1 is 1.10 bits per heavy atom. The molecule has 0 atom stereocenters. The Morgan fingerprint density at radius 2 is 1.90 bits per heavy atom. The summed E-state index contributed by atoms with van der Waals surface area (Å²) in [4.78, 5) is 33.9. The van der Waals surface area contributed by atoms with Crippen LogP contribution in [0, 0.1) is 13.8 Å². The zero-order chi connectivity index (χ0) is 20.4. The van der Waals surface area contributed by atoms with E-state index in [2.05, 4.69) is 9.88 Å². The normalized spacial score (nSPS) is 15.0. The first-order chi connectivity index (χ1) is 14.0. The molecule has 1 aromatic carbocycles. The third-order valence-corrected chi connectivity index (χ3v) is 5.44. The van der Waals surface area contributed by atoms with Crippen molar-refractivity contribution in [2.24, 2.45) is 0 Å². The van der Waals surface area contributed by atoms with Gasteiger partial charge in [-0.1, -0.05) is 12.1 Å². The van der Waals surface area contributed by atoms with Gasteiger partial charge in [-0.2, -0.15) is 0 Å². The molecule has 1 amide bonds. The first-order valence-electron chi connectivity index (χ1n) is 9.98. The Bertz CT molecular complexity index is 1080. The summed E-state index contributed by atoms with van der Waals surface area (Å²) in [6, 6.07) is 11.0. The summed E-state index contributed by atoms with van der Waals surface area (Å²) in [6.07, 6.45) is 2.71. The molecule has 2 aromatic heterocycles. The van der Waals surface area contributed by atoms with Crippen molar-refractivity contribution in [2.75, 3.05) is 32.7 Å². The minimum atomic E-state index is -0.214. The second kappa shape index (κ2) is 8.17. The Hall–Kier alpha value is -2.99. The molecule has 0 unspecified atom stereocenters. The molecule has 6 nitrogen and oxygen atoms in total. The molecule has 150 valence electrons. The molecule has 0 radical (unpaired) electrons. The van der Waals surface area contributed by atoms with Crippen LogP contribution in [-0.2, 0) is 6.42 Å². The SMILES string of the molecule is Cc1cc(C)c2oc(C(=O)N3CCN(CCc4ccccn4)CC3)cc(=O)c2c1. The zero-order valence-corrected chi connectivity index (χ0v) is 16.9. The summed E-state index contributed by atoms with van der Waals surface area (Å²) in [7, 11) is 0. The van der Waals surface area contributed by atoms with Crippen LogP contribution in [-0.4, -0.2) is 53.4 Å². The van der Waals surface area contributed by atoms with E-state index >= 15 is 0 Å². The third-order valence-electron chi connectivity index (χ3n) is 5.44. The fraction of sp³-hybridized carbons (Fsp3) is 0.348. The fourth-order valence-corrected chi connectivity index (χ4v) is 3.86. The van der Waals surface area contributed by atoms with Crippen molar-refractivity contribution in [3.05, 3.63) is 75.4 Å². The molecule has 0 aliphatic carbocycles. The van der Waals surface area contributed by atoms with Crippen molar-refractivity contribution in [2.45, 2.75) is 20.3 Å². The fourth-order valence-electron chi connectivity index (χ4n) is 3.86. The Balaban J connectivity index is 1.42. The van der Waals surface area contributed by atoms with E-state index in [1.807, 2.05) is 50.4 Å². The minimum absolute atomic E-state index is 0.122. The molecule has 1 aliphatic heterocycles. The number of hydrogen-bond acceptors (Lipinski definition) is 5. The van der Waals surface area contributed by atoms with Crippen LogP contribution in [0.3, 0.4) is 0 Å². The van der Waals surface area contributed by atoms with Crippen molar-refractivity contribution >= 4 is 16.9 Å². The van der Waals surface area contributed by atoms with Gasteiger partial charge in [-0.25, -0.2) is 0 Å². The molecule has 0 spiro atoms. The molecule has 0 N–H and O–H groups in total. The molecule has 1 saturated heterocycles. The minimum Gasteiger partial charge on any atom is -0.450 e. The molecular weight excluding hydrogens is 366 g/mol. The van der Waals surface area contributed by atoms with Gasteiger partial charge in [-0.15, -0.1) is 0 Å². The standard InChI is InChI=1S/C23H25N3O3/c1-16-13-17(2)22-19(14-16)20(27)15-21(29-22)23(28)26-11-9-25(10-12-26)8-6-18-5-3-4-7-24-18/h3-5,7,13-15H,6,8-12H2,1-2H3. The lowest BCUT2D eigenvalue weighted by molar-refractivity contribution is 0.0608. The number of pyridine rings is 1. The van der Waals surface area contributed by atoms with Gasteiger partial charge in [0.2, 0.25) is 0 Å². The highest BCUT2D eigenvalue weighted by Gasteiger charge is 2.24. The average Bonchev–Trinajstić information content (AvgIpc) is 2.73. The van der Waals surface area contributed by atoms with Crippen molar-refractivity contribution in [1.29, 1.82) is 0 Å². The molecule has 1 fully saturated rings. The van der Waals surface area contributed by atoms with Gasteiger partial charge in [0.25, 0.3) is 5.91 Å². The smallest absolute Gasteiger partial charge is 0.289 e. The number of nitrogens with zero attached hydrogens (tertiary/aromatic N) is 3. The molecule has 3 heterocycles. The van der Waals surface area contributed by atoms with E-state index in [0.717, 1.165) is 42.9 Å². The van der Waals surface area contributed by atoms with Crippen LogP contribution in [0.1, 0.15) is 27.4 Å². The lowest BCUT2D eigenvalue weighted by Crippen LogP contribution is -2.49. The van der Waals surface area contributed by atoms with E-state index in [-0.39, 0.29) is 17.1 Å². The van der Waals surface area contributed by atoms with E-state index in [1.54, 1.807) is 4.90 Å². The molecule has 3 aromatic rings. The van der Waals surface area contributed by atoms with Gasteiger partial charge in [0, 0.05) is 57.1 Å². The van der Waals surface area contributed by atoms with E-state index in [0.29, 0.717) is 24.1 Å². The number of rotatable bonds is 4. The third kappa shape index (κ3) is 4.22. The molecular formula is C23H25N3O3. The number of carbonyl (C=O) groups excluding carboxylic acids is 1. The lowest BCUT2D eigenvalue weighted by Gasteiger charge is -2.34. The number of aromatic nitrogens is 1. The predicted octanol–water partition coefficient (Wildman–Crippen LogP) is 2.81. The van der Waals surface area contributed by atoms with Crippen LogP contribution in [0.5, 0.6) is 0 Å². The number of aryl methyl sites for hydroxylation is 2. The Labute approximate surface area is 169 Å². The van der Waals surface area contributed by atoms with Gasteiger partial charge in [0.15, 0.2) is 11.2 Å². The molecule has 1 aliphatic rings. The lowest BCUT2D eigenvalue weighted by atomic mass is 10.1. The quantitative estimate of drug-likeness (QED) is 0.684. The highest BCUT2D eigenvalue weighted by Crippen LogP contribution is 2.20. The summed E-state index contributed by atoms with van der Waals surface area (Å²) in [5, 5.41) is 0.526. The Morgan fingerprint density at radius 3 is 2.62 bits per heavy atom. The topological polar surface area (TPSA) is 66.7 Å². The first kappa shape index (κ1) is 19.3. The van der Waals surface area contributed by atoms with Crippen LogP contribution in [0.2, 0.25) is 0 Å². The summed E-state index contributed by atoms with van der Waals surface area (Å²) < 4.78 is 5.86. The largest absolute Gasteiger partial charge is 0.450 e. The molecule has 6 heteroatoms. The summed E-state index contributed by atoms with van der Waals surface area (Å²) >= 11 is 0. The van der Waals surface area contributed by atoms with Gasteiger partial charge >= 0.3 is 0 Å². The van der Waals surface area contributed by atoms with E-state index in [9.17, 15) is 9.59 Å². The number of hydrogen-bond donors (Lipinski definition) is 0. The average molecular weight is 391 g/mol. The van der Waals surface area contributed by atoms with Gasteiger partial charge in [0.05, 0.1) is 5.39 Å². The van der Waals surface area contributed by atoms with Crippen LogP contribution in [0.25, 0.3) is 11.0 Å². The monoisotopic (exact) mass is 391 g/mol. The number of fused-ring (bicyclic) bond motifs is 1. The van der Waals surface area contributed by atoms with Gasteiger partial charge in [0.1, 0.15) is 5.58 Å². The van der Waals surface area contributed by atoms with Crippen molar-refractivity contribution in [3.8, 4) is 0 Å². The van der Waals surface area contributed by atoms with E-state index < -0.39 is 0 Å². The first-order valence-corrected chi connectivity index (χ1v) is 9.98. The van der Waals surface area contributed by atoms with Crippen LogP contribution < -0.4 is 5.43 Å². The maximum absolute atomic E-state index is 12.9. The summed E-state index contributed by atoms with van der Waals surface area (Å²) in [6.45, 7) is 7.60. The van der Waals surface area contributed by atoms with Crippen LogP contribution >= 0.6 is 0 Å².